The number of carbonyl (C=O) groups is 1. The van der Waals surface area contributed by atoms with Gasteiger partial charge < -0.3 is 15.6 Å². The highest BCUT2D eigenvalue weighted by Gasteiger charge is 2.68. The zero-order valence-corrected chi connectivity index (χ0v) is 23.6. The fourth-order valence-corrected chi connectivity index (χ4v) is 9.19. The molecular formula is C34H41N3O3. The van der Waals surface area contributed by atoms with Gasteiger partial charge in [-0.25, -0.2) is 0 Å². The van der Waals surface area contributed by atoms with Crippen molar-refractivity contribution in [1.29, 1.82) is 5.41 Å². The van der Waals surface area contributed by atoms with Crippen LogP contribution in [0.4, 0.5) is 5.69 Å². The molecule has 3 fully saturated rings. The summed E-state index contributed by atoms with van der Waals surface area (Å²) in [6.45, 7) is 4.33. The van der Waals surface area contributed by atoms with Gasteiger partial charge in [0.15, 0.2) is 5.78 Å². The standard InChI is InChI=1S/C34H41N3O3/c1-32-19-22(21-35)28(37-25-9-4-3-5-10-25)18-23(32)11-13-26-27-15-16-34(40,33(27,2)20-29(38)31(26)32)30(39)14-12-24-8-6-7-17-36-24/h3-10,17-18,21-22,26-27,29,31,35,38,40H,11-16,19-20H2,1-2H3. The third-order valence-electron chi connectivity index (χ3n) is 11.2. The Morgan fingerprint density at radius 2 is 1.90 bits per heavy atom. The minimum atomic E-state index is -1.42. The molecule has 1 aromatic heterocycles. The number of ketones is 1. The summed E-state index contributed by atoms with van der Waals surface area (Å²) in [7, 11) is 0. The Morgan fingerprint density at radius 3 is 2.62 bits per heavy atom. The predicted octanol–water partition coefficient (Wildman–Crippen LogP) is 5.90. The number of pyridine rings is 1. The number of aliphatic imine (C=N–C) groups is 1. The van der Waals surface area contributed by atoms with Gasteiger partial charge in [0.2, 0.25) is 0 Å². The average Bonchev–Trinajstić information content (AvgIpc) is 3.23. The number of hydrogen-bond acceptors (Lipinski definition) is 6. The fourth-order valence-electron chi connectivity index (χ4n) is 9.19. The maximum Gasteiger partial charge on any atom is 0.165 e. The number of para-hydroxylation sites is 1. The summed E-state index contributed by atoms with van der Waals surface area (Å²) in [6.07, 6.45) is 9.90. The molecule has 2 aromatic rings. The zero-order valence-electron chi connectivity index (χ0n) is 23.6. The molecule has 40 heavy (non-hydrogen) atoms. The van der Waals surface area contributed by atoms with Crippen LogP contribution in [-0.4, -0.2) is 44.6 Å². The number of nitrogens with one attached hydrogen (secondary N) is 1. The van der Waals surface area contributed by atoms with Crippen molar-refractivity contribution < 1.29 is 15.0 Å². The van der Waals surface area contributed by atoms with E-state index < -0.39 is 17.1 Å². The molecule has 8 atom stereocenters. The number of hydrogen-bond donors (Lipinski definition) is 3. The summed E-state index contributed by atoms with van der Waals surface area (Å²) in [6, 6.07) is 15.6. The molecule has 0 saturated heterocycles. The van der Waals surface area contributed by atoms with Crippen LogP contribution in [0.2, 0.25) is 0 Å². The molecule has 1 heterocycles. The number of aliphatic hydroxyl groups excluding tert-OH is 1. The van der Waals surface area contributed by atoms with Gasteiger partial charge in [-0.05, 0) is 98.5 Å². The minimum absolute atomic E-state index is 0.0391. The molecule has 6 rings (SSSR count). The highest BCUT2D eigenvalue weighted by molar-refractivity contribution is 6.07. The van der Waals surface area contributed by atoms with Crippen molar-refractivity contribution in [3.63, 3.8) is 0 Å². The van der Waals surface area contributed by atoms with Crippen LogP contribution in [-0.2, 0) is 11.2 Å². The Morgan fingerprint density at radius 1 is 1.12 bits per heavy atom. The lowest BCUT2D eigenvalue weighted by Crippen LogP contribution is -2.62. The van der Waals surface area contributed by atoms with E-state index in [1.807, 2.05) is 48.5 Å². The van der Waals surface area contributed by atoms with Crippen LogP contribution >= 0.6 is 0 Å². The van der Waals surface area contributed by atoms with E-state index >= 15 is 0 Å². The first-order valence-electron chi connectivity index (χ1n) is 14.9. The Kier molecular flexibility index (Phi) is 6.90. The molecule has 8 unspecified atom stereocenters. The first kappa shape index (κ1) is 27.2. The van der Waals surface area contributed by atoms with Gasteiger partial charge in [0.1, 0.15) is 5.60 Å². The molecule has 6 nitrogen and oxygen atoms in total. The Hall–Kier alpha value is -2.96. The summed E-state index contributed by atoms with van der Waals surface area (Å²) in [4.78, 5) is 22.9. The number of benzene rings is 1. The first-order valence-corrected chi connectivity index (χ1v) is 14.9. The van der Waals surface area contributed by atoms with E-state index in [2.05, 4.69) is 24.9 Å². The molecule has 3 saturated carbocycles. The molecule has 6 heteroatoms. The second kappa shape index (κ2) is 10.1. The number of aliphatic hydroxyl groups is 2. The zero-order chi connectivity index (χ0) is 28.1. The number of rotatable bonds is 6. The van der Waals surface area contributed by atoms with Crippen molar-refractivity contribution in [2.24, 2.45) is 39.5 Å². The molecule has 4 aliphatic carbocycles. The maximum absolute atomic E-state index is 13.6. The van der Waals surface area contributed by atoms with Crippen molar-refractivity contribution in [2.75, 3.05) is 0 Å². The van der Waals surface area contributed by atoms with Gasteiger partial charge in [0.05, 0.1) is 11.8 Å². The summed E-state index contributed by atoms with van der Waals surface area (Å²) in [5, 5.41) is 32.1. The topological polar surface area (TPSA) is 107 Å². The Balaban J connectivity index is 1.27. The highest BCUT2D eigenvalue weighted by atomic mass is 16.3. The molecule has 0 bridgehead atoms. The number of Topliss-reactive ketones (excluding diaryl/α,β-unsaturated/α-hetero) is 1. The molecular weight excluding hydrogens is 498 g/mol. The quantitative estimate of drug-likeness (QED) is 0.398. The van der Waals surface area contributed by atoms with Crippen LogP contribution in [0.25, 0.3) is 0 Å². The third-order valence-corrected chi connectivity index (χ3v) is 11.2. The maximum atomic E-state index is 13.6. The number of fused-ring (bicyclic) bond motifs is 5. The predicted molar refractivity (Wildman–Crippen MR) is 157 cm³/mol. The van der Waals surface area contributed by atoms with Gasteiger partial charge in [0, 0.05) is 41.6 Å². The van der Waals surface area contributed by atoms with Crippen LogP contribution in [0.15, 0.2) is 71.4 Å². The molecule has 0 amide bonds. The van der Waals surface area contributed by atoms with E-state index in [1.54, 1.807) is 6.20 Å². The van der Waals surface area contributed by atoms with Crippen molar-refractivity contribution in [2.45, 2.75) is 76.9 Å². The van der Waals surface area contributed by atoms with Crippen molar-refractivity contribution in [3.8, 4) is 0 Å². The van der Waals surface area contributed by atoms with Gasteiger partial charge in [-0.1, -0.05) is 43.7 Å². The van der Waals surface area contributed by atoms with Crippen molar-refractivity contribution in [1.82, 2.24) is 4.98 Å². The lowest BCUT2D eigenvalue weighted by molar-refractivity contribution is -0.180. The number of aryl methyl sites for hydroxylation is 1. The van der Waals surface area contributed by atoms with E-state index in [4.69, 9.17) is 10.4 Å². The van der Waals surface area contributed by atoms with E-state index in [0.29, 0.717) is 19.3 Å². The summed E-state index contributed by atoms with van der Waals surface area (Å²) >= 11 is 0. The van der Waals surface area contributed by atoms with Crippen LogP contribution < -0.4 is 0 Å². The molecule has 0 radical (unpaired) electrons. The number of allylic oxidation sites excluding steroid dienone is 2. The average molecular weight is 540 g/mol. The molecule has 210 valence electrons. The van der Waals surface area contributed by atoms with Gasteiger partial charge in [-0.2, -0.15) is 0 Å². The third kappa shape index (κ3) is 4.22. The van der Waals surface area contributed by atoms with Gasteiger partial charge in [-0.3, -0.25) is 14.8 Å². The number of aromatic nitrogens is 1. The number of nitrogens with zero attached hydrogens (tertiary/aromatic N) is 2. The Labute approximate surface area is 237 Å². The van der Waals surface area contributed by atoms with Crippen LogP contribution in [0, 0.1) is 39.9 Å². The lowest BCUT2D eigenvalue weighted by Gasteiger charge is -2.61. The van der Waals surface area contributed by atoms with E-state index in [0.717, 1.165) is 42.8 Å². The van der Waals surface area contributed by atoms with Crippen molar-refractivity contribution >= 4 is 23.4 Å². The van der Waals surface area contributed by atoms with Gasteiger partial charge >= 0.3 is 0 Å². The lowest BCUT2D eigenvalue weighted by atomic mass is 9.44. The van der Waals surface area contributed by atoms with E-state index in [9.17, 15) is 15.0 Å². The first-order chi connectivity index (χ1) is 19.2. The summed E-state index contributed by atoms with van der Waals surface area (Å²) in [5.74, 6) is 0.229. The normalized spacial score (nSPS) is 39.5. The molecule has 0 aliphatic heterocycles. The van der Waals surface area contributed by atoms with Crippen LogP contribution in [0.1, 0.15) is 64.5 Å². The van der Waals surface area contributed by atoms with Crippen molar-refractivity contribution in [3.05, 3.63) is 72.1 Å². The molecule has 4 aliphatic rings. The molecule has 1 aromatic carbocycles. The van der Waals surface area contributed by atoms with Crippen LogP contribution in [0.3, 0.4) is 0 Å². The van der Waals surface area contributed by atoms with Crippen LogP contribution in [0.5, 0.6) is 0 Å². The minimum Gasteiger partial charge on any atom is -0.393 e. The summed E-state index contributed by atoms with van der Waals surface area (Å²) in [5.41, 5.74) is 1.68. The molecule has 3 N–H and O–H groups in total. The van der Waals surface area contributed by atoms with Gasteiger partial charge in [0.25, 0.3) is 0 Å². The van der Waals surface area contributed by atoms with E-state index in [1.165, 1.54) is 11.8 Å². The largest absolute Gasteiger partial charge is 0.393 e. The number of carbonyl (C=O) groups excluding carboxylic acids is 1. The monoisotopic (exact) mass is 539 g/mol. The SMILES string of the molecule is CC12CC(C=N)C(=Nc3ccccc3)C=C1CCC1C2C(O)CC2(C)C1CCC2(O)C(=O)CCc1ccccn1. The fraction of sp³-hybridized carbons (Fsp3) is 0.529. The van der Waals surface area contributed by atoms with Gasteiger partial charge in [-0.15, -0.1) is 0 Å². The second-order valence-corrected chi connectivity index (χ2v) is 13.1. The Bertz CT molecular complexity index is 1340. The second-order valence-electron chi connectivity index (χ2n) is 13.1. The van der Waals surface area contributed by atoms with E-state index in [-0.39, 0.29) is 41.3 Å². The molecule has 0 spiro atoms. The highest BCUT2D eigenvalue weighted by Crippen LogP contribution is 2.68. The summed E-state index contributed by atoms with van der Waals surface area (Å²) < 4.78 is 0. The smallest absolute Gasteiger partial charge is 0.165 e.